The average Bonchev–Trinajstić information content (AvgIpc) is 3.87. The van der Waals surface area contributed by atoms with Crippen molar-refractivity contribution < 1.29 is 39.5 Å². The molecular formula is C49H61F9P2. The highest BCUT2D eigenvalue weighted by molar-refractivity contribution is 7.73. The van der Waals surface area contributed by atoms with Crippen LogP contribution in [-0.2, 0) is 18.5 Å². The fourth-order valence-electron chi connectivity index (χ4n) is 12.2. The summed E-state index contributed by atoms with van der Waals surface area (Å²) in [7, 11) is -2.71. The van der Waals surface area contributed by atoms with Gasteiger partial charge in [-0.2, -0.15) is 39.5 Å². The lowest BCUT2D eigenvalue weighted by atomic mass is 9.73. The van der Waals surface area contributed by atoms with Crippen molar-refractivity contribution in [1.82, 2.24) is 0 Å². The molecule has 0 spiro atoms. The summed E-state index contributed by atoms with van der Waals surface area (Å²) in [6, 6.07) is 13.4. The zero-order valence-electron chi connectivity index (χ0n) is 35.2. The highest BCUT2D eigenvalue weighted by atomic mass is 31.1. The van der Waals surface area contributed by atoms with Gasteiger partial charge in [-0.1, -0.05) is 110 Å². The van der Waals surface area contributed by atoms with E-state index in [0.717, 1.165) is 37.1 Å². The molecule has 4 aliphatic rings. The molecule has 0 nitrogen and oxygen atoms in total. The smallest absolute Gasteiger partial charge is 0.166 e. The van der Waals surface area contributed by atoms with Crippen molar-refractivity contribution in [3.05, 3.63) is 88.5 Å². The Kier molecular flexibility index (Phi) is 14.5. The van der Waals surface area contributed by atoms with Gasteiger partial charge in [-0.25, -0.2) is 0 Å². The molecule has 2 bridgehead atoms. The van der Waals surface area contributed by atoms with Gasteiger partial charge in [0.05, 0.1) is 16.7 Å². The molecule has 3 aromatic rings. The topological polar surface area (TPSA) is 0 Å². The molecule has 4 saturated carbocycles. The molecule has 4 aliphatic carbocycles. The van der Waals surface area contributed by atoms with E-state index in [1.807, 2.05) is 6.92 Å². The van der Waals surface area contributed by atoms with Gasteiger partial charge in [0.15, 0.2) is 0 Å². The Bertz CT molecular complexity index is 1840. The molecule has 0 aliphatic heterocycles. The number of hydrogen-bond donors (Lipinski definition) is 0. The number of rotatable bonds is 13. The van der Waals surface area contributed by atoms with Crippen LogP contribution >= 0.6 is 15.8 Å². The zero-order valence-corrected chi connectivity index (χ0v) is 37.0. The molecule has 11 heteroatoms. The zero-order chi connectivity index (χ0) is 43.0. The van der Waals surface area contributed by atoms with E-state index in [4.69, 9.17) is 0 Å². The molecule has 0 amide bonds. The van der Waals surface area contributed by atoms with Gasteiger partial charge in [0, 0.05) is 0 Å². The second kappa shape index (κ2) is 18.9. The lowest BCUT2D eigenvalue weighted by Crippen LogP contribution is -2.36. The van der Waals surface area contributed by atoms with Crippen LogP contribution in [0.3, 0.4) is 0 Å². The first-order chi connectivity index (χ1) is 28.5. The first-order valence-electron chi connectivity index (χ1n) is 22.7. The van der Waals surface area contributed by atoms with Crippen LogP contribution in [-0.4, -0.2) is 17.0 Å². The Morgan fingerprint density at radius 3 is 1.62 bits per heavy atom. The van der Waals surface area contributed by atoms with E-state index in [1.165, 1.54) is 112 Å². The van der Waals surface area contributed by atoms with E-state index in [9.17, 15) is 39.5 Å². The Labute approximate surface area is 353 Å². The number of halogens is 9. The van der Waals surface area contributed by atoms with Crippen molar-refractivity contribution in [2.75, 3.05) is 0 Å². The third-order valence-corrected chi connectivity index (χ3v) is 21.4. The van der Waals surface area contributed by atoms with Crippen molar-refractivity contribution in [3.8, 4) is 0 Å². The summed E-state index contributed by atoms with van der Waals surface area (Å²) >= 11 is 0. The lowest BCUT2D eigenvalue weighted by Gasteiger charge is -2.44. The molecule has 5 unspecified atom stereocenters. The van der Waals surface area contributed by atoms with Crippen LogP contribution in [0.25, 0.3) is 0 Å². The highest BCUT2D eigenvalue weighted by Gasteiger charge is 2.46. The molecule has 0 saturated heterocycles. The summed E-state index contributed by atoms with van der Waals surface area (Å²) in [4.78, 5) is 0. The molecular weight excluding hydrogens is 821 g/mol. The van der Waals surface area contributed by atoms with Gasteiger partial charge in [-0.05, 0) is 170 Å². The predicted molar refractivity (Wildman–Crippen MR) is 230 cm³/mol. The molecule has 0 aromatic heterocycles. The minimum atomic E-state index is -5.09. The largest absolute Gasteiger partial charge is 0.416 e. The van der Waals surface area contributed by atoms with Gasteiger partial charge in [-0.15, -0.1) is 0 Å². The van der Waals surface area contributed by atoms with E-state index < -0.39 is 56.7 Å². The monoisotopic (exact) mass is 882 g/mol. The predicted octanol–water partition coefficient (Wildman–Crippen LogP) is 15.9. The number of fused-ring (bicyclic) bond motifs is 2. The van der Waals surface area contributed by atoms with Crippen LogP contribution in [0.4, 0.5) is 39.5 Å². The minimum Gasteiger partial charge on any atom is -0.166 e. The van der Waals surface area contributed by atoms with Crippen LogP contribution in [0.15, 0.2) is 60.7 Å². The number of hydrogen-bond acceptors (Lipinski definition) is 0. The normalized spacial score (nSPS) is 24.2. The summed E-state index contributed by atoms with van der Waals surface area (Å²) in [6.07, 6.45) is 3.83. The third kappa shape index (κ3) is 9.83. The van der Waals surface area contributed by atoms with Crippen LogP contribution in [0.2, 0.25) is 0 Å². The average molecular weight is 883 g/mol. The fourth-order valence-corrected chi connectivity index (χ4v) is 19.6. The van der Waals surface area contributed by atoms with Crippen molar-refractivity contribution in [3.63, 3.8) is 0 Å². The van der Waals surface area contributed by atoms with E-state index >= 15 is 0 Å². The van der Waals surface area contributed by atoms with Gasteiger partial charge in [0.2, 0.25) is 0 Å². The van der Waals surface area contributed by atoms with E-state index in [0.29, 0.717) is 41.9 Å². The molecule has 7 rings (SSSR count). The SMILES string of the molecule is CCC(c1c([C@@H]2CC3CCC2C3)cccc1P(C1CCCCC1)C1CCCCC1)C(CC)[C@H](CC)P(c1cccc(C(F)(F)F)c1)c1cc(C(F)(F)F)cc(C(F)(F)F)c1. The fraction of sp³-hybridized carbons (Fsp3) is 0.633. The molecule has 3 aromatic carbocycles. The summed E-state index contributed by atoms with van der Waals surface area (Å²) < 4.78 is 130. The third-order valence-electron chi connectivity index (χ3n) is 14.8. The van der Waals surface area contributed by atoms with Crippen molar-refractivity contribution >= 4 is 31.8 Å². The summed E-state index contributed by atoms with van der Waals surface area (Å²) in [5, 5.41) is 1.45. The maximum Gasteiger partial charge on any atom is 0.416 e. The molecule has 0 radical (unpaired) electrons. The van der Waals surface area contributed by atoms with Crippen LogP contribution in [0, 0.1) is 17.8 Å². The highest BCUT2D eigenvalue weighted by Crippen LogP contribution is 2.61. The molecule has 0 heterocycles. The molecule has 7 atom stereocenters. The molecule has 60 heavy (non-hydrogen) atoms. The summed E-state index contributed by atoms with van der Waals surface area (Å²) in [5.41, 5.74) is -0.311. The van der Waals surface area contributed by atoms with E-state index in [2.05, 4.69) is 32.0 Å². The lowest BCUT2D eigenvalue weighted by molar-refractivity contribution is -0.143. The first-order valence-corrected chi connectivity index (χ1v) is 25.6. The Morgan fingerprint density at radius 2 is 1.13 bits per heavy atom. The standard InChI is InChI=1S/C49H61F9P2/c1-4-40(44(6-3)60(38-20-13-15-33(28-38)47(50,51)52)39-29-34(48(53,54)55)27-35(30-39)49(56,57)58)41(5-2)46-42(43-26-31-23-24-32(43)25-31)21-14-22-45(46)59(36-16-9-7-10-17-36)37-18-11-8-12-19-37/h13-15,20-22,27-32,36-37,40-41,43-44H,4-12,16-19,23-26H2,1-3H3/t31?,32?,40?,41?,43-,44+,60?/m1/s1. The van der Waals surface area contributed by atoms with Crippen molar-refractivity contribution in [1.29, 1.82) is 0 Å². The maximum absolute atomic E-state index is 14.5. The van der Waals surface area contributed by atoms with Gasteiger partial charge >= 0.3 is 18.5 Å². The molecule has 330 valence electrons. The second-order valence-corrected chi connectivity index (χ2v) is 23.5. The maximum atomic E-state index is 14.5. The van der Waals surface area contributed by atoms with Gasteiger partial charge in [0.1, 0.15) is 0 Å². The molecule has 0 N–H and O–H groups in total. The second-order valence-electron chi connectivity index (χ2n) is 18.3. The Hall–Kier alpha value is -2.11. The molecule has 4 fully saturated rings. The summed E-state index contributed by atoms with van der Waals surface area (Å²) in [6.45, 7) is 6.15. The number of benzene rings is 3. The Balaban J connectivity index is 1.45. The van der Waals surface area contributed by atoms with Gasteiger partial charge in [-0.3, -0.25) is 0 Å². The van der Waals surface area contributed by atoms with Crippen LogP contribution in [0.1, 0.15) is 170 Å². The first kappa shape index (κ1) is 45.9. The minimum absolute atomic E-state index is 0.0638. The van der Waals surface area contributed by atoms with Crippen LogP contribution in [0.5, 0.6) is 0 Å². The number of alkyl halides is 9. The van der Waals surface area contributed by atoms with Crippen molar-refractivity contribution in [2.45, 2.75) is 177 Å². The van der Waals surface area contributed by atoms with Crippen molar-refractivity contribution in [2.24, 2.45) is 17.8 Å². The van der Waals surface area contributed by atoms with Gasteiger partial charge in [0.25, 0.3) is 0 Å². The van der Waals surface area contributed by atoms with Crippen LogP contribution < -0.4 is 15.9 Å². The van der Waals surface area contributed by atoms with E-state index in [1.54, 1.807) is 0 Å². The quantitative estimate of drug-likeness (QED) is 0.119. The summed E-state index contributed by atoms with van der Waals surface area (Å²) in [5.74, 6) is 1.41. The van der Waals surface area contributed by atoms with E-state index in [-0.39, 0.29) is 28.5 Å². The Morgan fingerprint density at radius 1 is 0.567 bits per heavy atom. The van der Waals surface area contributed by atoms with Gasteiger partial charge < -0.3 is 0 Å².